The van der Waals surface area contributed by atoms with Crippen molar-refractivity contribution in [2.75, 3.05) is 6.26 Å². The molecular formula is C12H15BrF2O2S. The van der Waals surface area contributed by atoms with Gasteiger partial charge in [-0.25, -0.2) is 17.2 Å². The second kappa shape index (κ2) is 5.25. The number of sulfone groups is 1. The third-order valence-corrected chi connectivity index (χ3v) is 7.11. The minimum absolute atomic E-state index is 0.101. The zero-order chi connectivity index (χ0) is 14.1. The minimum Gasteiger partial charge on any atom is -0.229 e. The summed E-state index contributed by atoms with van der Waals surface area (Å²) in [4.78, 5) is -0.503. The molecule has 0 N–H and O–H groups in total. The normalized spacial score (nSPS) is 14.6. The fourth-order valence-electron chi connectivity index (χ4n) is 1.38. The van der Waals surface area contributed by atoms with Crippen molar-refractivity contribution in [3.05, 3.63) is 35.4 Å². The van der Waals surface area contributed by atoms with E-state index in [0.717, 1.165) is 12.3 Å². The van der Waals surface area contributed by atoms with Gasteiger partial charge in [-0.1, -0.05) is 28.1 Å². The Hall–Kier alpha value is -0.490. The largest absolute Gasteiger partial charge is 0.229 e. The summed E-state index contributed by atoms with van der Waals surface area (Å²) in [5.41, 5.74) is 0.161. The maximum atomic E-state index is 13.5. The Morgan fingerprint density at radius 1 is 1.33 bits per heavy atom. The molecule has 1 atom stereocenters. The molecule has 0 aliphatic heterocycles. The molecule has 2 nitrogen and oxygen atoms in total. The Bertz CT molecular complexity index is 541. The summed E-state index contributed by atoms with van der Waals surface area (Å²) in [6, 6.07) is 3.88. The Balaban J connectivity index is 3.02. The fourth-order valence-corrected chi connectivity index (χ4v) is 3.29. The second-order valence-corrected chi connectivity index (χ2v) is 8.46. The van der Waals surface area contributed by atoms with Crippen LogP contribution in [-0.2, 0) is 16.3 Å². The second-order valence-electron chi connectivity index (χ2n) is 4.76. The predicted octanol–water partition coefficient (Wildman–Crippen LogP) is 3.09. The SMILES string of the molecule is CC(C)(C(Br)Cc1cccc(F)c1F)S(C)(=O)=O. The molecule has 0 bridgehead atoms. The summed E-state index contributed by atoms with van der Waals surface area (Å²) < 4.78 is 48.8. The molecule has 0 aliphatic rings. The lowest BCUT2D eigenvalue weighted by molar-refractivity contribution is 0.492. The first-order chi connectivity index (χ1) is 8.07. The average Bonchev–Trinajstić information content (AvgIpc) is 2.23. The molecule has 1 aromatic carbocycles. The third kappa shape index (κ3) is 3.09. The van der Waals surface area contributed by atoms with Crippen LogP contribution in [0.25, 0.3) is 0 Å². The van der Waals surface area contributed by atoms with Crippen LogP contribution in [-0.4, -0.2) is 24.2 Å². The van der Waals surface area contributed by atoms with E-state index in [-0.39, 0.29) is 12.0 Å². The van der Waals surface area contributed by atoms with Crippen molar-refractivity contribution >= 4 is 25.8 Å². The van der Waals surface area contributed by atoms with Crippen LogP contribution in [0.5, 0.6) is 0 Å². The molecule has 6 heteroatoms. The topological polar surface area (TPSA) is 34.1 Å². The van der Waals surface area contributed by atoms with Crippen LogP contribution >= 0.6 is 15.9 Å². The molecule has 0 aromatic heterocycles. The van der Waals surface area contributed by atoms with E-state index in [9.17, 15) is 17.2 Å². The number of halogens is 3. The number of hydrogen-bond acceptors (Lipinski definition) is 2. The molecule has 0 heterocycles. The standard InChI is InChI=1S/C12H15BrF2O2S/c1-12(2,18(3,16)17)10(13)7-8-5-4-6-9(14)11(8)15/h4-6,10H,7H2,1-3H3. The van der Waals surface area contributed by atoms with Gasteiger partial charge in [-0.05, 0) is 31.9 Å². The number of benzene rings is 1. The summed E-state index contributed by atoms with van der Waals surface area (Å²) in [6.07, 6.45) is 1.23. The van der Waals surface area contributed by atoms with Crippen LogP contribution < -0.4 is 0 Å². The van der Waals surface area contributed by atoms with Crippen molar-refractivity contribution in [2.45, 2.75) is 29.8 Å². The maximum absolute atomic E-state index is 13.5. The zero-order valence-electron chi connectivity index (χ0n) is 10.4. The summed E-state index contributed by atoms with van der Waals surface area (Å²) in [6.45, 7) is 3.11. The Kier molecular flexibility index (Phi) is 4.54. The van der Waals surface area contributed by atoms with Crippen LogP contribution in [0.2, 0.25) is 0 Å². The Morgan fingerprint density at radius 3 is 2.39 bits per heavy atom. The van der Waals surface area contributed by atoms with Crippen molar-refractivity contribution in [3.8, 4) is 0 Å². The van der Waals surface area contributed by atoms with Crippen molar-refractivity contribution in [1.29, 1.82) is 0 Å². The van der Waals surface area contributed by atoms with Gasteiger partial charge in [0.25, 0.3) is 0 Å². The molecule has 0 radical (unpaired) electrons. The maximum Gasteiger partial charge on any atom is 0.162 e. The quantitative estimate of drug-likeness (QED) is 0.789. The first kappa shape index (κ1) is 15.6. The highest BCUT2D eigenvalue weighted by atomic mass is 79.9. The van der Waals surface area contributed by atoms with Gasteiger partial charge in [0.2, 0.25) is 0 Å². The molecule has 1 unspecified atom stereocenters. The molecule has 0 saturated carbocycles. The van der Waals surface area contributed by atoms with Gasteiger partial charge < -0.3 is 0 Å². The Labute approximate surface area is 114 Å². The van der Waals surface area contributed by atoms with E-state index in [1.807, 2.05) is 0 Å². The number of alkyl halides is 1. The lowest BCUT2D eigenvalue weighted by Gasteiger charge is -2.28. The molecule has 102 valence electrons. The van der Waals surface area contributed by atoms with Crippen LogP contribution in [0.3, 0.4) is 0 Å². The lowest BCUT2D eigenvalue weighted by Crippen LogP contribution is -2.41. The Morgan fingerprint density at radius 2 is 1.89 bits per heavy atom. The first-order valence-electron chi connectivity index (χ1n) is 5.34. The van der Waals surface area contributed by atoms with Gasteiger partial charge in [-0.2, -0.15) is 0 Å². The molecule has 0 fully saturated rings. The molecule has 0 spiro atoms. The highest BCUT2D eigenvalue weighted by molar-refractivity contribution is 9.09. The van der Waals surface area contributed by atoms with Crippen LogP contribution in [0.1, 0.15) is 19.4 Å². The van der Waals surface area contributed by atoms with E-state index in [2.05, 4.69) is 15.9 Å². The summed E-state index contributed by atoms with van der Waals surface area (Å²) in [5.74, 6) is -1.85. The number of hydrogen-bond donors (Lipinski definition) is 0. The zero-order valence-corrected chi connectivity index (χ0v) is 12.8. The molecular weight excluding hydrogens is 326 g/mol. The van der Waals surface area contributed by atoms with E-state index in [0.29, 0.717) is 0 Å². The van der Waals surface area contributed by atoms with Gasteiger partial charge in [0.05, 0.1) is 4.75 Å². The van der Waals surface area contributed by atoms with Crippen LogP contribution in [0.15, 0.2) is 18.2 Å². The van der Waals surface area contributed by atoms with E-state index < -0.39 is 31.0 Å². The minimum atomic E-state index is -3.31. The fraction of sp³-hybridized carbons (Fsp3) is 0.500. The van der Waals surface area contributed by atoms with Gasteiger partial charge in [0.1, 0.15) is 0 Å². The van der Waals surface area contributed by atoms with Gasteiger partial charge in [0.15, 0.2) is 21.5 Å². The first-order valence-corrected chi connectivity index (χ1v) is 8.14. The van der Waals surface area contributed by atoms with Gasteiger partial charge >= 0.3 is 0 Å². The third-order valence-electron chi connectivity index (χ3n) is 3.14. The molecule has 1 rings (SSSR count). The highest BCUT2D eigenvalue weighted by Crippen LogP contribution is 2.29. The lowest BCUT2D eigenvalue weighted by atomic mass is 10.0. The van der Waals surface area contributed by atoms with Gasteiger partial charge in [-0.15, -0.1) is 0 Å². The average molecular weight is 341 g/mol. The predicted molar refractivity (Wildman–Crippen MR) is 71.7 cm³/mol. The molecule has 18 heavy (non-hydrogen) atoms. The number of rotatable bonds is 4. The van der Waals surface area contributed by atoms with Crippen LogP contribution in [0, 0.1) is 11.6 Å². The smallest absolute Gasteiger partial charge is 0.162 e. The van der Waals surface area contributed by atoms with Crippen LogP contribution in [0.4, 0.5) is 8.78 Å². The van der Waals surface area contributed by atoms with Gasteiger partial charge in [0, 0.05) is 11.1 Å². The molecule has 0 aliphatic carbocycles. The molecule has 1 aromatic rings. The van der Waals surface area contributed by atoms with E-state index in [4.69, 9.17) is 0 Å². The highest BCUT2D eigenvalue weighted by Gasteiger charge is 2.37. The summed E-state index contributed by atoms with van der Waals surface area (Å²) in [5, 5.41) is 0. The van der Waals surface area contributed by atoms with Crippen molar-refractivity contribution in [3.63, 3.8) is 0 Å². The van der Waals surface area contributed by atoms with E-state index >= 15 is 0 Å². The van der Waals surface area contributed by atoms with E-state index in [1.54, 1.807) is 13.8 Å². The van der Waals surface area contributed by atoms with Crippen molar-refractivity contribution in [1.82, 2.24) is 0 Å². The van der Waals surface area contributed by atoms with Crippen molar-refractivity contribution < 1.29 is 17.2 Å². The molecule has 0 amide bonds. The van der Waals surface area contributed by atoms with E-state index in [1.165, 1.54) is 12.1 Å². The van der Waals surface area contributed by atoms with Gasteiger partial charge in [-0.3, -0.25) is 0 Å². The summed E-state index contributed by atoms with van der Waals surface area (Å²) >= 11 is 3.26. The molecule has 0 saturated heterocycles. The summed E-state index contributed by atoms with van der Waals surface area (Å²) in [7, 11) is -3.31. The monoisotopic (exact) mass is 340 g/mol. The van der Waals surface area contributed by atoms with Crippen molar-refractivity contribution in [2.24, 2.45) is 0 Å².